The first-order valence-corrected chi connectivity index (χ1v) is 5.84. The maximum absolute atomic E-state index is 13.3. The normalized spacial score (nSPS) is 10.5. The van der Waals surface area contributed by atoms with Gasteiger partial charge in [-0.3, -0.25) is 0 Å². The summed E-state index contributed by atoms with van der Waals surface area (Å²) in [4.78, 5) is 0. The second-order valence-corrected chi connectivity index (χ2v) is 4.36. The van der Waals surface area contributed by atoms with Crippen molar-refractivity contribution in [1.29, 1.82) is 0 Å². The lowest BCUT2D eigenvalue weighted by Gasteiger charge is -2.07. The summed E-state index contributed by atoms with van der Waals surface area (Å²) in [5.41, 5.74) is 1.56. The van der Waals surface area contributed by atoms with Gasteiger partial charge in [0, 0.05) is 23.7 Å². The van der Waals surface area contributed by atoms with Crippen LogP contribution in [0, 0.1) is 5.82 Å². The van der Waals surface area contributed by atoms with Crippen LogP contribution in [0.15, 0.2) is 30.4 Å². The average Bonchev–Trinajstić information content (AvgIpc) is 2.27. The van der Waals surface area contributed by atoms with E-state index in [-0.39, 0.29) is 5.82 Å². The molecule has 0 radical (unpaired) electrons. The summed E-state index contributed by atoms with van der Waals surface area (Å²) in [6.07, 6.45) is 0. The van der Waals surface area contributed by atoms with Gasteiger partial charge in [-0.15, -0.1) is 0 Å². The Bertz CT molecular complexity index is 382. The zero-order valence-corrected chi connectivity index (χ0v) is 10.7. The summed E-state index contributed by atoms with van der Waals surface area (Å²) in [7, 11) is 0. The Hall–Kier alpha value is -0.900. The van der Waals surface area contributed by atoms with Crippen LogP contribution in [0.3, 0.4) is 0 Å². The third-order valence-electron chi connectivity index (χ3n) is 2.09. The average molecular weight is 258 g/mol. The molecule has 0 aliphatic carbocycles. The van der Waals surface area contributed by atoms with Crippen molar-refractivity contribution in [2.45, 2.75) is 13.5 Å². The summed E-state index contributed by atoms with van der Waals surface area (Å²) >= 11 is 5.79. The highest BCUT2D eigenvalue weighted by molar-refractivity contribution is 6.30. The second-order valence-electron chi connectivity index (χ2n) is 3.92. The highest BCUT2D eigenvalue weighted by Gasteiger charge is 2.01. The number of ether oxygens (including phenoxy) is 1. The van der Waals surface area contributed by atoms with Gasteiger partial charge in [0.15, 0.2) is 0 Å². The third-order valence-corrected chi connectivity index (χ3v) is 2.33. The minimum Gasteiger partial charge on any atom is -0.376 e. The number of hydrogen-bond acceptors (Lipinski definition) is 2. The fourth-order valence-electron chi connectivity index (χ4n) is 1.29. The lowest BCUT2D eigenvalue weighted by Crippen LogP contribution is -2.20. The Balaban J connectivity index is 2.22. The van der Waals surface area contributed by atoms with Crippen LogP contribution in [0.2, 0.25) is 5.02 Å². The molecule has 0 saturated heterocycles. The van der Waals surface area contributed by atoms with E-state index in [0.717, 1.165) is 5.57 Å². The van der Waals surface area contributed by atoms with Gasteiger partial charge in [0.2, 0.25) is 0 Å². The van der Waals surface area contributed by atoms with Gasteiger partial charge in [0.1, 0.15) is 5.82 Å². The maximum atomic E-state index is 13.3. The van der Waals surface area contributed by atoms with Gasteiger partial charge in [-0.1, -0.05) is 23.8 Å². The molecule has 17 heavy (non-hydrogen) atoms. The number of rotatable bonds is 7. The van der Waals surface area contributed by atoms with Crippen LogP contribution in [0.4, 0.5) is 4.39 Å². The van der Waals surface area contributed by atoms with Crippen LogP contribution in [0.1, 0.15) is 12.5 Å². The van der Waals surface area contributed by atoms with Crippen LogP contribution in [0.5, 0.6) is 0 Å². The number of halogens is 2. The molecule has 0 aliphatic heterocycles. The fraction of sp³-hybridized carbons (Fsp3) is 0.385. The largest absolute Gasteiger partial charge is 0.376 e. The predicted octanol–water partition coefficient (Wildman–Crippen LogP) is 3.16. The van der Waals surface area contributed by atoms with Crippen LogP contribution < -0.4 is 5.32 Å². The number of benzene rings is 1. The van der Waals surface area contributed by atoms with Crippen molar-refractivity contribution in [3.63, 3.8) is 0 Å². The van der Waals surface area contributed by atoms with E-state index >= 15 is 0 Å². The van der Waals surface area contributed by atoms with E-state index in [1.54, 1.807) is 6.07 Å². The highest BCUT2D eigenvalue weighted by Crippen LogP contribution is 2.14. The number of nitrogens with one attached hydrogen (secondary N) is 1. The van der Waals surface area contributed by atoms with E-state index in [1.165, 1.54) is 12.1 Å². The molecule has 0 spiro atoms. The minimum absolute atomic E-state index is 0.246. The molecule has 0 bridgehead atoms. The Morgan fingerprint density at radius 1 is 1.53 bits per heavy atom. The molecule has 2 nitrogen and oxygen atoms in total. The maximum Gasteiger partial charge on any atom is 0.127 e. The van der Waals surface area contributed by atoms with Crippen molar-refractivity contribution in [3.05, 3.63) is 46.8 Å². The minimum atomic E-state index is -0.246. The SMILES string of the molecule is C=C(C)COCCNCc1cc(Cl)ccc1F. The second kappa shape index (κ2) is 7.43. The summed E-state index contributed by atoms with van der Waals surface area (Å²) < 4.78 is 18.6. The van der Waals surface area contributed by atoms with Gasteiger partial charge in [-0.2, -0.15) is 0 Å². The van der Waals surface area contributed by atoms with E-state index in [0.29, 0.717) is 36.9 Å². The quantitative estimate of drug-likeness (QED) is 0.598. The van der Waals surface area contributed by atoms with Gasteiger partial charge in [0.05, 0.1) is 13.2 Å². The van der Waals surface area contributed by atoms with Crippen molar-refractivity contribution in [2.24, 2.45) is 0 Å². The molecule has 1 rings (SSSR count). The van der Waals surface area contributed by atoms with Crippen molar-refractivity contribution in [3.8, 4) is 0 Å². The molecule has 1 N–H and O–H groups in total. The fourth-order valence-corrected chi connectivity index (χ4v) is 1.49. The molecular formula is C13H17ClFNO. The zero-order valence-electron chi connectivity index (χ0n) is 9.93. The van der Waals surface area contributed by atoms with Crippen LogP contribution in [-0.4, -0.2) is 19.8 Å². The van der Waals surface area contributed by atoms with Crippen LogP contribution in [-0.2, 0) is 11.3 Å². The molecule has 0 amide bonds. The first kappa shape index (κ1) is 14.2. The van der Waals surface area contributed by atoms with E-state index < -0.39 is 0 Å². The highest BCUT2D eigenvalue weighted by atomic mass is 35.5. The topological polar surface area (TPSA) is 21.3 Å². The lowest BCUT2D eigenvalue weighted by molar-refractivity contribution is 0.157. The van der Waals surface area contributed by atoms with E-state index in [2.05, 4.69) is 11.9 Å². The Morgan fingerprint density at radius 3 is 3.00 bits per heavy atom. The summed E-state index contributed by atoms with van der Waals surface area (Å²) in [6.45, 7) is 7.90. The molecule has 0 saturated carbocycles. The van der Waals surface area contributed by atoms with E-state index in [9.17, 15) is 4.39 Å². The van der Waals surface area contributed by atoms with Gasteiger partial charge < -0.3 is 10.1 Å². The molecule has 0 heterocycles. The van der Waals surface area contributed by atoms with Crippen molar-refractivity contribution >= 4 is 11.6 Å². The Labute approximate surface area is 106 Å². The lowest BCUT2D eigenvalue weighted by atomic mass is 10.2. The molecule has 0 aliphatic rings. The molecule has 94 valence electrons. The molecular weight excluding hydrogens is 241 g/mol. The van der Waals surface area contributed by atoms with E-state index in [4.69, 9.17) is 16.3 Å². The monoisotopic (exact) mass is 257 g/mol. The van der Waals surface area contributed by atoms with Crippen LogP contribution >= 0.6 is 11.6 Å². The molecule has 0 unspecified atom stereocenters. The predicted molar refractivity (Wildman–Crippen MR) is 68.7 cm³/mol. The van der Waals surface area contributed by atoms with Crippen molar-refractivity contribution in [2.75, 3.05) is 19.8 Å². The summed E-state index contributed by atoms with van der Waals surface area (Å²) in [5.74, 6) is -0.246. The van der Waals surface area contributed by atoms with Gasteiger partial charge in [0.25, 0.3) is 0 Å². The third kappa shape index (κ3) is 5.82. The van der Waals surface area contributed by atoms with Crippen LogP contribution in [0.25, 0.3) is 0 Å². The van der Waals surface area contributed by atoms with E-state index in [1.807, 2.05) is 6.92 Å². The first-order chi connectivity index (χ1) is 8.09. The molecule has 4 heteroatoms. The Morgan fingerprint density at radius 2 is 2.29 bits per heavy atom. The van der Waals surface area contributed by atoms with Gasteiger partial charge >= 0.3 is 0 Å². The molecule has 0 fully saturated rings. The molecule has 0 atom stereocenters. The molecule has 1 aromatic rings. The summed E-state index contributed by atoms with van der Waals surface area (Å²) in [5, 5.41) is 3.63. The Kier molecular flexibility index (Phi) is 6.19. The molecule has 1 aromatic carbocycles. The first-order valence-electron chi connectivity index (χ1n) is 5.46. The van der Waals surface area contributed by atoms with Crippen molar-refractivity contribution in [1.82, 2.24) is 5.32 Å². The molecule has 0 aromatic heterocycles. The van der Waals surface area contributed by atoms with Gasteiger partial charge in [-0.05, 0) is 25.1 Å². The van der Waals surface area contributed by atoms with Crippen molar-refractivity contribution < 1.29 is 9.13 Å². The zero-order chi connectivity index (χ0) is 12.7. The summed E-state index contributed by atoms with van der Waals surface area (Å²) in [6, 6.07) is 4.53. The number of hydrogen-bond donors (Lipinski definition) is 1. The standard InChI is InChI=1S/C13H17ClFNO/c1-10(2)9-17-6-5-16-8-11-7-12(14)3-4-13(11)15/h3-4,7,16H,1,5-6,8-9H2,2H3. The van der Waals surface area contributed by atoms with Gasteiger partial charge in [-0.25, -0.2) is 4.39 Å². The smallest absolute Gasteiger partial charge is 0.127 e.